The lowest BCUT2D eigenvalue weighted by Crippen LogP contribution is -2.45. The first-order valence-electron chi connectivity index (χ1n) is 6.59. The minimum Gasteiger partial charge on any atom is -0.481 e. The van der Waals surface area contributed by atoms with Gasteiger partial charge < -0.3 is 15.2 Å². The fourth-order valence-corrected chi connectivity index (χ4v) is 1.68. The molecule has 0 spiro atoms. The van der Waals surface area contributed by atoms with Crippen molar-refractivity contribution in [3.63, 3.8) is 0 Å². The Bertz CT molecular complexity index is 571. The lowest BCUT2D eigenvalue weighted by atomic mass is 9.99. The first-order valence-corrected chi connectivity index (χ1v) is 6.59. The molecule has 0 atom stereocenters. The number of pyridine rings is 1. The fourth-order valence-electron chi connectivity index (χ4n) is 1.68. The molecule has 1 heterocycles. The topological polar surface area (TPSA) is 118 Å². The molecule has 120 valence electrons. The largest absolute Gasteiger partial charge is 0.481 e. The molecule has 1 aromatic heterocycles. The summed E-state index contributed by atoms with van der Waals surface area (Å²) in [7, 11) is 1.26. The van der Waals surface area contributed by atoms with Gasteiger partial charge in [-0.3, -0.25) is 10.1 Å². The van der Waals surface area contributed by atoms with Gasteiger partial charge in [-0.05, 0) is 32.4 Å². The summed E-state index contributed by atoms with van der Waals surface area (Å²) in [6.45, 7) is 3.43. The third-order valence-electron chi connectivity index (χ3n) is 2.84. The minimum absolute atomic E-state index is 0.0522. The van der Waals surface area contributed by atoms with Gasteiger partial charge in [-0.1, -0.05) is 0 Å². The summed E-state index contributed by atoms with van der Waals surface area (Å²) in [4.78, 5) is 37.8. The van der Waals surface area contributed by atoms with Crippen molar-refractivity contribution in [1.29, 1.82) is 0 Å². The normalized spacial score (nSPS) is 10.7. The van der Waals surface area contributed by atoms with Gasteiger partial charge in [0.25, 0.3) is 0 Å². The molecule has 0 fully saturated rings. The number of urea groups is 1. The number of rotatable bonds is 6. The molecule has 0 aliphatic heterocycles. The van der Waals surface area contributed by atoms with Crippen LogP contribution in [0.2, 0.25) is 0 Å². The van der Waals surface area contributed by atoms with Crippen molar-refractivity contribution in [2.75, 3.05) is 12.4 Å². The second kappa shape index (κ2) is 7.39. The molecule has 1 rings (SSSR count). The Kier molecular flexibility index (Phi) is 5.85. The second-order valence-corrected chi connectivity index (χ2v) is 5.28. The quantitative estimate of drug-likeness (QED) is 0.687. The van der Waals surface area contributed by atoms with Crippen molar-refractivity contribution in [1.82, 2.24) is 10.3 Å². The lowest BCUT2D eigenvalue weighted by molar-refractivity contribution is -0.137. The molecule has 3 N–H and O–H groups in total. The summed E-state index contributed by atoms with van der Waals surface area (Å²) in [5, 5.41) is 13.8. The SMILES string of the molecule is COC(=O)c1ccnc(NC(=O)NC(C)(C)CCC(=O)O)c1. The van der Waals surface area contributed by atoms with Crippen LogP contribution in [0.1, 0.15) is 37.0 Å². The zero-order valence-electron chi connectivity index (χ0n) is 12.7. The number of nitrogens with one attached hydrogen (secondary N) is 2. The zero-order chi connectivity index (χ0) is 16.8. The minimum atomic E-state index is -0.928. The van der Waals surface area contributed by atoms with Gasteiger partial charge in [0, 0.05) is 18.2 Å². The van der Waals surface area contributed by atoms with E-state index in [1.807, 2.05) is 0 Å². The van der Waals surface area contributed by atoms with Crippen LogP contribution in [0.5, 0.6) is 0 Å². The van der Waals surface area contributed by atoms with Gasteiger partial charge >= 0.3 is 18.0 Å². The molecule has 0 aromatic carbocycles. The van der Waals surface area contributed by atoms with Crippen LogP contribution in [-0.2, 0) is 9.53 Å². The molecule has 1 aromatic rings. The molecular weight excluding hydrogens is 290 g/mol. The number of ether oxygens (including phenoxy) is 1. The van der Waals surface area contributed by atoms with E-state index in [1.165, 1.54) is 25.4 Å². The standard InChI is InChI=1S/C14H19N3O5/c1-14(2,6-4-11(18)19)17-13(21)16-10-8-9(5-7-15-10)12(20)22-3/h5,7-8H,4,6H2,1-3H3,(H,18,19)(H2,15,16,17,21). The van der Waals surface area contributed by atoms with E-state index < -0.39 is 23.5 Å². The maximum atomic E-state index is 11.9. The number of nitrogens with zero attached hydrogens (tertiary/aromatic N) is 1. The molecule has 2 amide bonds. The average molecular weight is 309 g/mol. The highest BCUT2D eigenvalue weighted by Crippen LogP contribution is 2.12. The third kappa shape index (κ3) is 5.78. The Morgan fingerprint density at radius 2 is 2.05 bits per heavy atom. The Balaban J connectivity index is 2.65. The van der Waals surface area contributed by atoms with Gasteiger partial charge in [0.15, 0.2) is 0 Å². The predicted octanol–water partition coefficient (Wildman–Crippen LogP) is 1.63. The Hall–Kier alpha value is -2.64. The Labute approximate surface area is 127 Å². The summed E-state index contributed by atoms with van der Waals surface area (Å²) in [5.41, 5.74) is -0.430. The Morgan fingerprint density at radius 3 is 2.64 bits per heavy atom. The van der Waals surface area contributed by atoms with Crippen molar-refractivity contribution < 1.29 is 24.2 Å². The van der Waals surface area contributed by atoms with Crippen LogP contribution in [0, 0.1) is 0 Å². The van der Waals surface area contributed by atoms with Crippen molar-refractivity contribution in [3.05, 3.63) is 23.9 Å². The monoisotopic (exact) mass is 309 g/mol. The predicted molar refractivity (Wildman–Crippen MR) is 78.7 cm³/mol. The molecule has 0 saturated heterocycles. The van der Waals surface area contributed by atoms with Crippen molar-refractivity contribution >= 4 is 23.8 Å². The van der Waals surface area contributed by atoms with E-state index in [2.05, 4.69) is 20.4 Å². The number of amides is 2. The van der Waals surface area contributed by atoms with Crippen molar-refractivity contribution in [2.24, 2.45) is 0 Å². The molecule has 22 heavy (non-hydrogen) atoms. The highest BCUT2D eigenvalue weighted by Gasteiger charge is 2.21. The maximum Gasteiger partial charge on any atom is 0.338 e. The molecule has 0 aliphatic rings. The molecular formula is C14H19N3O5. The molecule has 0 aliphatic carbocycles. The van der Waals surface area contributed by atoms with Gasteiger partial charge in [0.05, 0.1) is 12.7 Å². The van der Waals surface area contributed by atoms with E-state index >= 15 is 0 Å². The van der Waals surface area contributed by atoms with Crippen LogP contribution < -0.4 is 10.6 Å². The fraction of sp³-hybridized carbons (Fsp3) is 0.429. The van der Waals surface area contributed by atoms with Gasteiger partial charge in [0.2, 0.25) is 0 Å². The number of esters is 1. The van der Waals surface area contributed by atoms with E-state index in [0.717, 1.165) is 0 Å². The van der Waals surface area contributed by atoms with Crippen LogP contribution in [-0.4, -0.2) is 40.7 Å². The van der Waals surface area contributed by atoms with E-state index in [0.29, 0.717) is 0 Å². The van der Waals surface area contributed by atoms with Crippen LogP contribution >= 0.6 is 0 Å². The highest BCUT2D eigenvalue weighted by atomic mass is 16.5. The summed E-state index contributed by atoms with van der Waals surface area (Å²) in [6, 6.07) is 2.31. The molecule has 0 unspecified atom stereocenters. The molecule has 0 bridgehead atoms. The Morgan fingerprint density at radius 1 is 1.36 bits per heavy atom. The number of aromatic nitrogens is 1. The van der Waals surface area contributed by atoms with E-state index in [9.17, 15) is 14.4 Å². The number of anilines is 1. The van der Waals surface area contributed by atoms with E-state index in [4.69, 9.17) is 5.11 Å². The number of hydrogen-bond donors (Lipinski definition) is 3. The van der Waals surface area contributed by atoms with Gasteiger partial charge in [-0.25, -0.2) is 14.6 Å². The first kappa shape index (κ1) is 17.4. The van der Waals surface area contributed by atoms with Crippen LogP contribution in [0.3, 0.4) is 0 Å². The molecule has 0 radical (unpaired) electrons. The molecule has 8 heteroatoms. The van der Waals surface area contributed by atoms with Crippen LogP contribution in [0.4, 0.5) is 10.6 Å². The molecule has 0 saturated carbocycles. The smallest absolute Gasteiger partial charge is 0.338 e. The lowest BCUT2D eigenvalue weighted by Gasteiger charge is -2.25. The average Bonchev–Trinajstić information content (AvgIpc) is 2.44. The second-order valence-electron chi connectivity index (χ2n) is 5.28. The highest BCUT2D eigenvalue weighted by molar-refractivity contribution is 5.93. The third-order valence-corrected chi connectivity index (χ3v) is 2.84. The number of carbonyl (C=O) groups excluding carboxylic acids is 2. The van der Waals surface area contributed by atoms with Gasteiger partial charge in [0.1, 0.15) is 5.82 Å². The van der Waals surface area contributed by atoms with E-state index in [-0.39, 0.29) is 24.2 Å². The van der Waals surface area contributed by atoms with Crippen molar-refractivity contribution in [3.8, 4) is 0 Å². The zero-order valence-corrected chi connectivity index (χ0v) is 12.7. The summed E-state index contributed by atoms with van der Waals surface area (Å²) in [6.07, 6.45) is 1.60. The number of carboxylic acid groups (broad SMARTS) is 1. The number of carbonyl (C=O) groups is 3. The summed E-state index contributed by atoms with van der Waals surface area (Å²) >= 11 is 0. The number of carboxylic acids is 1. The van der Waals surface area contributed by atoms with Crippen LogP contribution in [0.25, 0.3) is 0 Å². The van der Waals surface area contributed by atoms with Gasteiger partial charge in [-0.2, -0.15) is 0 Å². The van der Waals surface area contributed by atoms with Crippen LogP contribution in [0.15, 0.2) is 18.3 Å². The summed E-state index contributed by atoms with van der Waals surface area (Å²) in [5.74, 6) is -1.27. The van der Waals surface area contributed by atoms with Crippen molar-refractivity contribution in [2.45, 2.75) is 32.2 Å². The summed E-state index contributed by atoms with van der Waals surface area (Å²) < 4.78 is 4.58. The molecule has 8 nitrogen and oxygen atoms in total. The number of hydrogen-bond acceptors (Lipinski definition) is 5. The first-order chi connectivity index (χ1) is 10.2. The number of methoxy groups -OCH3 is 1. The maximum absolute atomic E-state index is 11.9. The number of aliphatic carboxylic acids is 1. The van der Waals surface area contributed by atoms with E-state index in [1.54, 1.807) is 13.8 Å². The van der Waals surface area contributed by atoms with Gasteiger partial charge in [-0.15, -0.1) is 0 Å².